The van der Waals surface area contributed by atoms with Gasteiger partial charge in [-0.1, -0.05) is 23.2 Å². The second-order valence-electron chi connectivity index (χ2n) is 6.56. The van der Waals surface area contributed by atoms with Gasteiger partial charge in [-0.2, -0.15) is 0 Å². The first-order chi connectivity index (χ1) is 11.6. The van der Waals surface area contributed by atoms with E-state index in [1.54, 1.807) is 16.8 Å². The van der Waals surface area contributed by atoms with Gasteiger partial charge in [0.2, 0.25) is 0 Å². The molecule has 0 radical (unpaired) electrons. The number of ether oxygens (including phenoxy) is 1. The smallest absolute Gasteiger partial charge is 0.165 e. The second kappa shape index (κ2) is 6.50. The van der Waals surface area contributed by atoms with Crippen molar-refractivity contribution in [1.29, 1.82) is 0 Å². The molecular formula is C16H19Cl2N5O. The van der Waals surface area contributed by atoms with Crippen molar-refractivity contribution in [1.82, 2.24) is 25.1 Å². The van der Waals surface area contributed by atoms with E-state index in [2.05, 4.69) is 20.4 Å². The van der Waals surface area contributed by atoms with Crippen LogP contribution in [0.4, 0.5) is 0 Å². The van der Waals surface area contributed by atoms with E-state index >= 15 is 0 Å². The minimum atomic E-state index is 0.216. The van der Waals surface area contributed by atoms with Crippen molar-refractivity contribution < 1.29 is 4.74 Å². The van der Waals surface area contributed by atoms with Crippen LogP contribution in [0.1, 0.15) is 31.5 Å². The molecule has 2 saturated heterocycles. The summed E-state index contributed by atoms with van der Waals surface area (Å²) in [6, 6.07) is 6.50. The van der Waals surface area contributed by atoms with Gasteiger partial charge < -0.3 is 4.74 Å². The van der Waals surface area contributed by atoms with Crippen LogP contribution in [0.2, 0.25) is 10.0 Å². The number of halogens is 2. The van der Waals surface area contributed by atoms with Gasteiger partial charge in [0.25, 0.3) is 0 Å². The number of fused-ring (bicyclic) bond motifs is 2. The Bertz CT molecular complexity index is 723. The van der Waals surface area contributed by atoms with Gasteiger partial charge in [0.15, 0.2) is 5.82 Å². The predicted octanol–water partition coefficient (Wildman–Crippen LogP) is 3.09. The number of aryl methyl sites for hydroxylation is 1. The maximum atomic E-state index is 6.16. The predicted molar refractivity (Wildman–Crippen MR) is 91.3 cm³/mol. The van der Waals surface area contributed by atoms with Crippen molar-refractivity contribution in [3.63, 3.8) is 0 Å². The van der Waals surface area contributed by atoms with Crippen LogP contribution in [0.25, 0.3) is 0 Å². The summed E-state index contributed by atoms with van der Waals surface area (Å²) in [5.41, 5.74) is 0. The molecule has 24 heavy (non-hydrogen) atoms. The lowest BCUT2D eigenvalue weighted by molar-refractivity contribution is 0.0423. The molecule has 0 amide bonds. The van der Waals surface area contributed by atoms with Crippen molar-refractivity contribution in [2.45, 2.75) is 50.4 Å². The normalized spacial score (nSPS) is 26.7. The molecule has 0 N–H and O–H groups in total. The molecule has 1 aromatic heterocycles. The van der Waals surface area contributed by atoms with Crippen molar-refractivity contribution >= 4 is 23.2 Å². The molecule has 2 aliphatic heterocycles. The van der Waals surface area contributed by atoms with Gasteiger partial charge >= 0.3 is 0 Å². The summed E-state index contributed by atoms with van der Waals surface area (Å²) >= 11 is 12.0. The van der Waals surface area contributed by atoms with E-state index < -0.39 is 0 Å². The lowest BCUT2D eigenvalue weighted by Crippen LogP contribution is -2.46. The molecule has 2 bridgehead atoms. The van der Waals surface area contributed by atoms with E-state index in [0.29, 0.717) is 22.1 Å². The van der Waals surface area contributed by atoms with Crippen LogP contribution in [0.5, 0.6) is 5.75 Å². The summed E-state index contributed by atoms with van der Waals surface area (Å²) in [6.07, 6.45) is 4.66. The molecule has 0 spiro atoms. The fourth-order valence-electron chi connectivity index (χ4n) is 3.87. The number of hydrogen-bond donors (Lipinski definition) is 0. The largest absolute Gasteiger partial charge is 0.490 e. The Labute approximate surface area is 150 Å². The summed E-state index contributed by atoms with van der Waals surface area (Å²) < 4.78 is 7.91. The third-order valence-corrected chi connectivity index (χ3v) is 5.81. The fraction of sp³-hybridized carbons (Fsp3) is 0.562. The molecule has 1 aromatic carbocycles. The Morgan fingerprint density at radius 1 is 1.17 bits per heavy atom. The topological polar surface area (TPSA) is 56.1 Å². The number of piperidine rings is 1. The molecule has 2 atom stereocenters. The molecular weight excluding hydrogens is 349 g/mol. The first-order valence-electron chi connectivity index (χ1n) is 8.19. The van der Waals surface area contributed by atoms with Crippen LogP contribution in [-0.2, 0) is 13.6 Å². The highest BCUT2D eigenvalue weighted by Gasteiger charge is 2.42. The number of benzene rings is 1. The fourth-order valence-corrected chi connectivity index (χ4v) is 4.15. The monoisotopic (exact) mass is 367 g/mol. The highest BCUT2D eigenvalue weighted by molar-refractivity contribution is 6.42. The average Bonchev–Trinajstić information content (AvgIpc) is 3.05. The minimum Gasteiger partial charge on any atom is -0.490 e. The van der Waals surface area contributed by atoms with Gasteiger partial charge in [-0.3, -0.25) is 4.90 Å². The van der Waals surface area contributed by atoms with Crippen LogP contribution >= 0.6 is 23.2 Å². The molecule has 0 saturated carbocycles. The molecule has 128 valence electrons. The van der Waals surface area contributed by atoms with Gasteiger partial charge in [-0.15, -0.1) is 5.10 Å². The van der Waals surface area contributed by atoms with E-state index in [1.807, 2.05) is 13.1 Å². The van der Waals surface area contributed by atoms with E-state index in [4.69, 9.17) is 27.9 Å². The number of aromatic nitrogens is 4. The average molecular weight is 368 g/mol. The summed E-state index contributed by atoms with van der Waals surface area (Å²) in [5.74, 6) is 1.70. The number of nitrogens with zero attached hydrogens (tertiary/aromatic N) is 5. The van der Waals surface area contributed by atoms with E-state index in [9.17, 15) is 0 Å². The van der Waals surface area contributed by atoms with Crippen molar-refractivity contribution in [3.05, 3.63) is 34.1 Å². The van der Waals surface area contributed by atoms with Crippen molar-refractivity contribution in [3.8, 4) is 5.75 Å². The van der Waals surface area contributed by atoms with Crippen molar-refractivity contribution in [2.24, 2.45) is 7.05 Å². The first-order valence-corrected chi connectivity index (χ1v) is 8.94. The molecule has 2 fully saturated rings. The zero-order valence-corrected chi connectivity index (χ0v) is 14.9. The van der Waals surface area contributed by atoms with Gasteiger partial charge in [-0.05, 0) is 48.2 Å². The summed E-state index contributed by atoms with van der Waals surface area (Å²) in [7, 11) is 1.89. The molecule has 2 aromatic rings. The quantitative estimate of drug-likeness (QED) is 0.830. The zero-order chi connectivity index (χ0) is 16.7. The molecule has 0 aliphatic carbocycles. The third kappa shape index (κ3) is 3.10. The molecule has 6 nitrogen and oxygen atoms in total. The molecule has 4 rings (SSSR count). The van der Waals surface area contributed by atoms with Crippen LogP contribution in [0.3, 0.4) is 0 Å². The number of hydrogen-bond acceptors (Lipinski definition) is 5. The Morgan fingerprint density at radius 2 is 1.92 bits per heavy atom. The molecule has 3 heterocycles. The van der Waals surface area contributed by atoms with E-state index in [1.165, 1.54) is 12.8 Å². The SMILES string of the molecule is Cn1nnnc1CN1C2CCC1CC(Oc1ccc(Cl)c(Cl)c1)C2. The highest BCUT2D eigenvalue weighted by atomic mass is 35.5. The van der Waals surface area contributed by atoms with Gasteiger partial charge in [0.1, 0.15) is 11.9 Å². The van der Waals surface area contributed by atoms with Crippen molar-refractivity contribution in [2.75, 3.05) is 0 Å². The van der Waals surface area contributed by atoms with Crippen LogP contribution in [0, 0.1) is 0 Å². The molecule has 2 aliphatic rings. The van der Waals surface area contributed by atoms with E-state index in [-0.39, 0.29) is 6.10 Å². The van der Waals surface area contributed by atoms with Crippen LogP contribution in [0.15, 0.2) is 18.2 Å². The Hall–Kier alpha value is -1.37. The number of rotatable bonds is 4. The third-order valence-electron chi connectivity index (χ3n) is 5.07. The van der Waals surface area contributed by atoms with Crippen LogP contribution in [-0.4, -0.2) is 43.3 Å². The van der Waals surface area contributed by atoms with Gasteiger partial charge in [-0.25, -0.2) is 4.68 Å². The van der Waals surface area contributed by atoms with Gasteiger partial charge in [0.05, 0.1) is 16.6 Å². The maximum Gasteiger partial charge on any atom is 0.165 e. The van der Waals surface area contributed by atoms with Crippen LogP contribution < -0.4 is 4.74 Å². The highest BCUT2D eigenvalue weighted by Crippen LogP contribution is 2.38. The Morgan fingerprint density at radius 3 is 2.54 bits per heavy atom. The summed E-state index contributed by atoms with van der Waals surface area (Å²) in [6.45, 7) is 0.804. The standard InChI is InChI=1S/C16H19Cl2N5O/c1-22-16(19-20-21-22)9-23-10-2-3-11(23)7-13(6-10)24-12-4-5-14(17)15(18)8-12/h4-5,8,10-11,13H,2-3,6-7,9H2,1H3. The lowest BCUT2D eigenvalue weighted by atomic mass is 9.99. The molecule has 8 heteroatoms. The minimum absolute atomic E-state index is 0.216. The zero-order valence-electron chi connectivity index (χ0n) is 13.4. The Kier molecular flexibility index (Phi) is 4.37. The summed E-state index contributed by atoms with van der Waals surface area (Å²) in [5, 5.41) is 12.8. The Balaban J connectivity index is 1.42. The lowest BCUT2D eigenvalue weighted by Gasteiger charge is -2.38. The van der Waals surface area contributed by atoms with E-state index in [0.717, 1.165) is 31.0 Å². The second-order valence-corrected chi connectivity index (χ2v) is 7.38. The number of tetrazole rings is 1. The summed E-state index contributed by atoms with van der Waals surface area (Å²) in [4.78, 5) is 2.53. The maximum absolute atomic E-state index is 6.16. The van der Waals surface area contributed by atoms with Gasteiger partial charge in [0, 0.05) is 25.2 Å². The molecule has 2 unspecified atom stereocenters. The first kappa shape index (κ1) is 16.1.